The molecule has 5 rings (SSSR count). The topological polar surface area (TPSA) is 136 Å². The van der Waals surface area contributed by atoms with Crippen LogP contribution in [0.4, 0.5) is 0 Å². The number of methoxy groups -OCH3 is 2. The zero-order chi connectivity index (χ0) is 33.3. The van der Waals surface area contributed by atoms with Crippen LogP contribution in [0, 0.1) is 6.92 Å². The summed E-state index contributed by atoms with van der Waals surface area (Å²) in [7, 11) is 2.70. The number of hydrogen-bond acceptors (Lipinski definition) is 8. The maximum Gasteiger partial charge on any atom is 0.340 e. The first-order chi connectivity index (χ1) is 22.0. The third kappa shape index (κ3) is 5.99. The summed E-state index contributed by atoms with van der Waals surface area (Å²) in [5.74, 6) is -1.73. The van der Waals surface area contributed by atoms with Crippen molar-refractivity contribution in [1.82, 2.24) is 19.9 Å². The summed E-state index contributed by atoms with van der Waals surface area (Å²) >= 11 is 0. The number of aromatic nitrogens is 4. The van der Waals surface area contributed by atoms with Gasteiger partial charge in [-0.1, -0.05) is 26.5 Å². The van der Waals surface area contributed by atoms with E-state index in [1.165, 1.54) is 21.1 Å². The van der Waals surface area contributed by atoms with Crippen molar-refractivity contribution >= 4 is 57.2 Å². The highest BCUT2D eigenvalue weighted by molar-refractivity contribution is 6.03. The summed E-state index contributed by atoms with van der Waals surface area (Å²) in [5.41, 5.74) is 10.4. The number of aromatic amines is 2. The molecule has 10 nitrogen and oxygen atoms in total. The van der Waals surface area contributed by atoms with E-state index in [4.69, 9.17) is 24.2 Å². The molecule has 3 aromatic rings. The van der Waals surface area contributed by atoms with Gasteiger partial charge in [0, 0.05) is 53.0 Å². The molecule has 2 aliphatic rings. The van der Waals surface area contributed by atoms with Crippen LogP contribution in [0.3, 0.4) is 0 Å². The van der Waals surface area contributed by atoms with Crippen LogP contribution in [0.15, 0.2) is 30.8 Å². The van der Waals surface area contributed by atoms with Crippen molar-refractivity contribution in [3.8, 4) is 0 Å². The van der Waals surface area contributed by atoms with Crippen molar-refractivity contribution in [3.63, 3.8) is 0 Å². The summed E-state index contributed by atoms with van der Waals surface area (Å²) in [6.45, 7) is 13.3. The van der Waals surface area contributed by atoms with Gasteiger partial charge in [-0.25, -0.2) is 9.78 Å². The van der Waals surface area contributed by atoms with Gasteiger partial charge in [0.25, 0.3) is 0 Å². The summed E-state index contributed by atoms with van der Waals surface area (Å²) in [4.78, 5) is 54.9. The molecule has 0 saturated carbocycles. The summed E-state index contributed by atoms with van der Waals surface area (Å²) in [5, 5.41) is 0. The van der Waals surface area contributed by atoms with Crippen molar-refractivity contribution in [2.75, 3.05) is 14.2 Å². The smallest absolute Gasteiger partial charge is 0.340 e. The van der Waals surface area contributed by atoms with E-state index in [1.54, 1.807) is 6.08 Å². The third-order valence-electron chi connectivity index (χ3n) is 8.99. The van der Waals surface area contributed by atoms with Crippen LogP contribution < -0.4 is 0 Å². The molecule has 2 atom stereocenters. The number of carbonyl (C=O) groups excluding carboxylic acids is 3. The molecule has 8 bridgehead atoms. The molecule has 0 aromatic carbocycles. The van der Waals surface area contributed by atoms with Gasteiger partial charge in [-0.15, -0.1) is 0 Å². The Bertz CT molecular complexity index is 1950. The molecule has 0 unspecified atom stereocenters. The lowest BCUT2D eigenvalue weighted by atomic mass is 9.85. The van der Waals surface area contributed by atoms with E-state index < -0.39 is 11.9 Å². The Labute approximate surface area is 267 Å². The zero-order valence-corrected chi connectivity index (χ0v) is 27.4. The number of ether oxygens (including phenoxy) is 3. The van der Waals surface area contributed by atoms with Crippen LogP contribution in [0.2, 0.25) is 0 Å². The van der Waals surface area contributed by atoms with Crippen LogP contribution in [0.25, 0.3) is 39.3 Å². The lowest BCUT2D eigenvalue weighted by molar-refractivity contribution is -0.142. The molecule has 10 heteroatoms. The number of hydrogen-bond donors (Lipinski definition) is 2. The molecule has 240 valence electrons. The van der Waals surface area contributed by atoms with E-state index >= 15 is 0 Å². The molecule has 2 N–H and O–H groups in total. The van der Waals surface area contributed by atoms with Crippen molar-refractivity contribution < 1.29 is 28.6 Å². The highest BCUT2D eigenvalue weighted by Gasteiger charge is 2.33. The van der Waals surface area contributed by atoms with Crippen LogP contribution in [0.1, 0.15) is 109 Å². The number of esters is 3. The molecule has 0 fully saturated rings. The zero-order valence-electron chi connectivity index (χ0n) is 27.4. The van der Waals surface area contributed by atoms with E-state index in [2.05, 4.69) is 37.3 Å². The molecule has 0 spiro atoms. The van der Waals surface area contributed by atoms with Gasteiger partial charge in [0.1, 0.15) is 6.61 Å². The van der Waals surface area contributed by atoms with Crippen molar-refractivity contribution in [1.29, 1.82) is 0 Å². The molecule has 0 saturated heterocycles. The molecular weight excluding hydrogens is 584 g/mol. The second kappa shape index (κ2) is 13.2. The molecule has 46 heavy (non-hydrogen) atoms. The highest BCUT2D eigenvalue weighted by atomic mass is 16.5. The number of carbonyl (C=O) groups is 3. The quantitative estimate of drug-likeness (QED) is 0.197. The fourth-order valence-corrected chi connectivity index (χ4v) is 6.41. The number of allylic oxidation sites excluding steroid dienone is 2. The Balaban J connectivity index is 1.99. The van der Waals surface area contributed by atoms with Gasteiger partial charge >= 0.3 is 17.9 Å². The lowest BCUT2D eigenvalue weighted by Crippen LogP contribution is -2.11. The summed E-state index contributed by atoms with van der Waals surface area (Å²) in [6.07, 6.45) is 3.16. The maximum absolute atomic E-state index is 13.4. The number of aryl methyl sites for hydroxylation is 1. The van der Waals surface area contributed by atoms with Gasteiger partial charge < -0.3 is 24.2 Å². The number of nitrogens with zero attached hydrogens (tertiary/aromatic N) is 2. The number of fused-ring (bicyclic) bond motifs is 8. The summed E-state index contributed by atoms with van der Waals surface area (Å²) < 4.78 is 15.8. The maximum atomic E-state index is 13.4. The van der Waals surface area contributed by atoms with Crippen LogP contribution in [-0.2, 0) is 30.4 Å². The minimum atomic E-state index is -0.540. The Kier molecular flexibility index (Phi) is 9.27. The first kappa shape index (κ1) is 32.4. The number of H-pyrrole nitrogens is 2. The van der Waals surface area contributed by atoms with Gasteiger partial charge in [-0.05, 0) is 73.2 Å². The molecule has 5 heterocycles. The van der Waals surface area contributed by atoms with E-state index in [0.717, 1.165) is 51.2 Å². The Hall–Kier alpha value is -4.99. The Morgan fingerprint density at radius 1 is 1.00 bits per heavy atom. The second-order valence-electron chi connectivity index (χ2n) is 11.7. The van der Waals surface area contributed by atoms with Gasteiger partial charge in [-0.2, -0.15) is 0 Å². The van der Waals surface area contributed by atoms with Crippen molar-refractivity contribution in [2.24, 2.45) is 0 Å². The average molecular weight is 625 g/mol. The van der Waals surface area contributed by atoms with Crippen LogP contribution in [-0.4, -0.2) is 52.1 Å². The van der Waals surface area contributed by atoms with Crippen molar-refractivity contribution in [3.05, 3.63) is 75.9 Å². The fourth-order valence-electron chi connectivity index (χ4n) is 6.41. The first-order valence-electron chi connectivity index (χ1n) is 15.4. The van der Waals surface area contributed by atoms with E-state index in [-0.39, 0.29) is 30.8 Å². The average Bonchev–Trinajstić information content (AvgIpc) is 3.74. The van der Waals surface area contributed by atoms with Gasteiger partial charge in [0.05, 0.1) is 42.4 Å². The highest BCUT2D eigenvalue weighted by Crippen LogP contribution is 2.43. The largest absolute Gasteiger partial charge is 0.469 e. The third-order valence-corrected chi connectivity index (χ3v) is 8.99. The molecule has 3 aromatic heterocycles. The van der Waals surface area contributed by atoms with Crippen LogP contribution in [0.5, 0.6) is 0 Å². The Morgan fingerprint density at radius 2 is 1.74 bits per heavy atom. The standard InChI is InChI=1S/C36H40N4O6/c1-9-22-13-23-14-27-19(4)25(11-12-32(42)44-7)34(39-27)26(17-46-21(6)41)35-33(36(43)45-8)20(5)29(40-35)16-31-24(10-2)18(3)28(38-31)15-30(22)37-23/h9,13-16,19,25,37,40H,1,10-12,17H2,2-8H3/t19-,25-/m0/s1. The minimum absolute atomic E-state index is 0.123. The minimum Gasteiger partial charge on any atom is -0.469 e. The number of rotatable bonds is 8. The molecule has 0 aliphatic carbocycles. The van der Waals surface area contributed by atoms with Gasteiger partial charge in [0.15, 0.2) is 0 Å². The van der Waals surface area contributed by atoms with E-state index in [9.17, 15) is 14.4 Å². The molecule has 0 radical (unpaired) electrons. The second-order valence-corrected chi connectivity index (χ2v) is 11.7. The predicted octanol–water partition coefficient (Wildman–Crippen LogP) is 7.30. The molecule has 2 aliphatic heterocycles. The first-order valence-corrected chi connectivity index (χ1v) is 15.4. The SMILES string of the molecule is C=Cc1cc2cc3nc(c(COC(C)=O)c4[nH]c(cc5nc(cc1[nH]2)C(C)=C5CC)c(C)c4C(=O)OC)[C@@H](CCC(=O)OC)[C@@H]3C. The monoisotopic (exact) mass is 624 g/mol. The normalized spacial score (nSPS) is 15.9. The van der Waals surface area contributed by atoms with Gasteiger partial charge in [-0.3, -0.25) is 14.6 Å². The fraction of sp³-hybridized carbons (Fsp3) is 0.361. The molecular formula is C36H40N4O6. The molecule has 0 amide bonds. The summed E-state index contributed by atoms with van der Waals surface area (Å²) in [6, 6.07) is 7.97. The van der Waals surface area contributed by atoms with Crippen LogP contribution >= 0.6 is 0 Å². The predicted molar refractivity (Wildman–Crippen MR) is 178 cm³/mol. The van der Waals surface area contributed by atoms with Gasteiger partial charge in [0.2, 0.25) is 0 Å². The lowest BCUT2D eigenvalue weighted by Gasteiger charge is -2.18. The number of nitrogens with one attached hydrogen (secondary N) is 2. The van der Waals surface area contributed by atoms with Crippen molar-refractivity contribution in [2.45, 2.75) is 72.3 Å². The van der Waals surface area contributed by atoms with E-state index in [0.29, 0.717) is 39.8 Å². The Morgan fingerprint density at radius 3 is 2.39 bits per heavy atom. The van der Waals surface area contributed by atoms with E-state index in [1.807, 2.05) is 31.2 Å².